The number of anilines is 1. The van der Waals surface area contributed by atoms with Gasteiger partial charge in [0.05, 0.1) is 17.0 Å². The van der Waals surface area contributed by atoms with Gasteiger partial charge in [0, 0.05) is 18.5 Å². The fraction of sp³-hybridized carbons (Fsp3) is 0.100. The molecule has 0 bridgehead atoms. The number of rotatable bonds is 2. The summed E-state index contributed by atoms with van der Waals surface area (Å²) >= 11 is 0. The Bertz CT molecular complexity index is 1300. The lowest BCUT2D eigenvalue weighted by atomic mass is 10.00. The molecule has 1 atom stereocenters. The van der Waals surface area contributed by atoms with Crippen molar-refractivity contribution in [3.05, 3.63) is 87.5 Å². The first-order valence-electron chi connectivity index (χ1n) is 8.47. The summed E-state index contributed by atoms with van der Waals surface area (Å²) in [5.41, 5.74) is 0.386. The van der Waals surface area contributed by atoms with Crippen LogP contribution in [-0.4, -0.2) is 16.0 Å². The number of carbonyl (C=O) groups excluding carboxylic acids is 1. The molecule has 3 aromatic heterocycles. The number of nitrogens with zero attached hydrogens (tertiary/aromatic N) is 3. The van der Waals surface area contributed by atoms with E-state index in [-0.39, 0.29) is 28.1 Å². The third-order valence-corrected chi connectivity index (χ3v) is 4.69. The van der Waals surface area contributed by atoms with Crippen molar-refractivity contribution >= 4 is 22.7 Å². The van der Waals surface area contributed by atoms with Crippen LogP contribution in [0.5, 0.6) is 0 Å². The number of hydrogen-bond acceptors (Lipinski definition) is 6. The number of aromatic nitrogens is 2. The molecule has 1 aromatic carbocycles. The van der Waals surface area contributed by atoms with E-state index in [0.717, 1.165) is 6.07 Å². The fourth-order valence-electron chi connectivity index (χ4n) is 3.50. The van der Waals surface area contributed by atoms with E-state index in [2.05, 4.69) is 10.1 Å². The van der Waals surface area contributed by atoms with Crippen LogP contribution in [0.2, 0.25) is 0 Å². The van der Waals surface area contributed by atoms with Crippen LogP contribution in [0.1, 0.15) is 33.5 Å². The summed E-state index contributed by atoms with van der Waals surface area (Å²) in [5.74, 6) is -0.433. The summed E-state index contributed by atoms with van der Waals surface area (Å²) in [7, 11) is 0. The van der Waals surface area contributed by atoms with E-state index in [0.29, 0.717) is 11.3 Å². The van der Waals surface area contributed by atoms with Gasteiger partial charge in [-0.05, 0) is 36.8 Å². The number of pyridine rings is 1. The summed E-state index contributed by atoms with van der Waals surface area (Å²) in [4.78, 5) is 31.8. The van der Waals surface area contributed by atoms with Gasteiger partial charge in [-0.3, -0.25) is 19.5 Å². The Balaban J connectivity index is 1.84. The van der Waals surface area contributed by atoms with Crippen molar-refractivity contribution in [1.82, 2.24) is 10.1 Å². The van der Waals surface area contributed by atoms with Crippen molar-refractivity contribution in [2.75, 3.05) is 4.90 Å². The van der Waals surface area contributed by atoms with Gasteiger partial charge in [-0.1, -0.05) is 11.2 Å². The van der Waals surface area contributed by atoms with Crippen LogP contribution >= 0.6 is 0 Å². The third kappa shape index (κ3) is 2.27. The minimum Gasteiger partial charge on any atom is -0.450 e. The lowest BCUT2D eigenvalue weighted by molar-refractivity contribution is 0.0969. The highest BCUT2D eigenvalue weighted by Crippen LogP contribution is 2.40. The monoisotopic (exact) mass is 377 g/mol. The summed E-state index contributed by atoms with van der Waals surface area (Å²) in [6.45, 7) is 1.70. The lowest BCUT2D eigenvalue weighted by Gasteiger charge is -2.21. The van der Waals surface area contributed by atoms with Crippen LogP contribution < -0.4 is 10.3 Å². The molecule has 0 spiro atoms. The SMILES string of the molecule is Cc1cc(N2C(=O)c3oc4ccc(F)cc4c(=O)c3C2c2cccnc2)no1. The van der Waals surface area contributed by atoms with Gasteiger partial charge >= 0.3 is 0 Å². The smallest absolute Gasteiger partial charge is 0.296 e. The molecule has 1 aliphatic rings. The first-order chi connectivity index (χ1) is 13.5. The highest BCUT2D eigenvalue weighted by Gasteiger charge is 2.45. The zero-order valence-corrected chi connectivity index (χ0v) is 14.5. The molecule has 8 heteroatoms. The molecule has 7 nitrogen and oxygen atoms in total. The summed E-state index contributed by atoms with van der Waals surface area (Å²) in [5, 5.41) is 3.99. The van der Waals surface area contributed by atoms with E-state index in [9.17, 15) is 14.0 Å². The molecule has 28 heavy (non-hydrogen) atoms. The molecular weight excluding hydrogens is 365 g/mol. The molecule has 0 fully saturated rings. The quantitative estimate of drug-likeness (QED) is 0.532. The second kappa shape index (κ2) is 5.85. The molecule has 4 aromatic rings. The topological polar surface area (TPSA) is 89.4 Å². The maximum absolute atomic E-state index is 13.7. The number of halogens is 1. The van der Waals surface area contributed by atoms with Crippen LogP contribution in [0.25, 0.3) is 11.0 Å². The number of carbonyl (C=O) groups is 1. The summed E-state index contributed by atoms with van der Waals surface area (Å²) in [6.07, 6.45) is 3.15. The second-order valence-electron chi connectivity index (χ2n) is 6.47. The number of amides is 1. The predicted molar refractivity (Wildman–Crippen MR) is 96.6 cm³/mol. The van der Waals surface area contributed by atoms with E-state index in [4.69, 9.17) is 8.94 Å². The number of benzene rings is 1. The molecule has 1 amide bonds. The average molecular weight is 377 g/mol. The minimum atomic E-state index is -0.815. The van der Waals surface area contributed by atoms with Crippen molar-refractivity contribution in [3.63, 3.8) is 0 Å². The molecule has 0 aliphatic carbocycles. The average Bonchev–Trinajstić information content (AvgIpc) is 3.24. The Kier molecular flexibility index (Phi) is 3.42. The van der Waals surface area contributed by atoms with Gasteiger partial charge in [0.15, 0.2) is 11.2 Å². The molecule has 0 radical (unpaired) electrons. The first-order valence-corrected chi connectivity index (χ1v) is 8.47. The van der Waals surface area contributed by atoms with Gasteiger partial charge in [-0.2, -0.15) is 0 Å². The first kappa shape index (κ1) is 16.4. The van der Waals surface area contributed by atoms with Gasteiger partial charge in [0.1, 0.15) is 17.2 Å². The van der Waals surface area contributed by atoms with Gasteiger partial charge in [-0.25, -0.2) is 4.39 Å². The Labute approximate surface area is 157 Å². The Morgan fingerprint density at radius 1 is 1.18 bits per heavy atom. The van der Waals surface area contributed by atoms with Crippen LogP contribution in [0.4, 0.5) is 10.2 Å². The molecule has 1 unspecified atom stereocenters. The highest BCUT2D eigenvalue weighted by atomic mass is 19.1. The zero-order chi connectivity index (χ0) is 19.4. The van der Waals surface area contributed by atoms with Crippen LogP contribution in [0, 0.1) is 12.7 Å². The molecule has 5 rings (SSSR count). The van der Waals surface area contributed by atoms with Crippen LogP contribution in [0.15, 0.2) is 62.5 Å². The molecule has 0 N–H and O–H groups in total. The Morgan fingerprint density at radius 2 is 2.04 bits per heavy atom. The van der Waals surface area contributed by atoms with Crippen LogP contribution in [-0.2, 0) is 0 Å². The van der Waals surface area contributed by atoms with Crippen molar-refractivity contribution in [2.45, 2.75) is 13.0 Å². The normalized spacial score (nSPS) is 16.0. The van der Waals surface area contributed by atoms with Crippen molar-refractivity contribution in [2.24, 2.45) is 0 Å². The van der Waals surface area contributed by atoms with E-state index >= 15 is 0 Å². The predicted octanol–water partition coefficient (Wildman–Crippen LogP) is 3.37. The zero-order valence-electron chi connectivity index (χ0n) is 14.5. The number of aryl methyl sites for hydroxylation is 1. The molecule has 0 saturated heterocycles. The largest absolute Gasteiger partial charge is 0.450 e. The Hall–Kier alpha value is -3.81. The molecule has 0 saturated carbocycles. The molecule has 138 valence electrons. The van der Waals surface area contributed by atoms with Crippen LogP contribution in [0.3, 0.4) is 0 Å². The van der Waals surface area contributed by atoms with Gasteiger partial charge in [0.2, 0.25) is 5.76 Å². The van der Waals surface area contributed by atoms with Gasteiger partial charge in [0.25, 0.3) is 5.91 Å². The molecular formula is C20H12FN3O4. The summed E-state index contributed by atoms with van der Waals surface area (Å²) < 4.78 is 24.6. The maximum atomic E-state index is 13.7. The van der Waals surface area contributed by atoms with Crippen molar-refractivity contribution in [3.8, 4) is 0 Å². The lowest BCUT2D eigenvalue weighted by Crippen LogP contribution is -2.29. The standard InChI is InChI=1S/C20H12FN3O4/c1-10-7-15(23-28-10)24-17(11-3-2-6-22-9-11)16-18(25)13-8-12(21)4-5-14(13)27-19(16)20(24)26/h2-9,17H,1H3. The van der Waals surface area contributed by atoms with E-state index < -0.39 is 23.2 Å². The highest BCUT2D eigenvalue weighted by molar-refractivity contribution is 6.10. The summed E-state index contributed by atoms with van der Waals surface area (Å²) in [6, 6.07) is 7.84. The van der Waals surface area contributed by atoms with Crippen molar-refractivity contribution < 1.29 is 18.1 Å². The van der Waals surface area contributed by atoms with Gasteiger partial charge in [-0.15, -0.1) is 0 Å². The fourth-order valence-corrected chi connectivity index (χ4v) is 3.50. The second-order valence-corrected chi connectivity index (χ2v) is 6.47. The maximum Gasteiger partial charge on any atom is 0.296 e. The Morgan fingerprint density at radius 3 is 2.75 bits per heavy atom. The van der Waals surface area contributed by atoms with E-state index in [1.807, 2.05) is 0 Å². The number of fused-ring (bicyclic) bond motifs is 2. The van der Waals surface area contributed by atoms with E-state index in [1.54, 1.807) is 37.5 Å². The van der Waals surface area contributed by atoms with Crippen molar-refractivity contribution in [1.29, 1.82) is 0 Å². The molecule has 1 aliphatic heterocycles. The number of hydrogen-bond donors (Lipinski definition) is 0. The third-order valence-electron chi connectivity index (χ3n) is 4.69. The van der Waals surface area contributed by atoms with E-state index in [1.165, 1.54) is 17.0 Å². The minimum absolute atomic E-state index is 0.0682. The molecule has 4 heterocycles. The van der Waals surface area contributed by atoms with Gasteiger partial charge < -0.3 is 8.94 Å².